The molecule has 3 N–H and O–H groups in total. The summed E-state index contributed by atoms with van der Waals surface area (Å²) in [4.78, 5) is 10.4. The third-order valence-corrected chi connectivity index (χ3v) is 1.88. The maximum atomic E-state index is 10.4. The Balaban J connectivity index is 2.33. The second kappa shape index (κ2) is 2.98. The molecule has 4 nitrogen and oxygen atoms in total. The van der Waals surface area contributed by atoms with Crippen molar-refractivity contribution in [3.05, 3.63) is 0 Å². The van der Waals surface area contributed by atoms with Crippen LogP contribution in [0.3, 0.4) is 0 Å². The molecule has 1 rings (SSSR count). The number of piperidine rings is 1. The van der Waals surface area contributed by atoms with Gasteiger partial charge in [0.15, 0.2) is 0 Å². The van der Waals surface area contributed by atoms with Crippen molar-refractivity contribution >= 4 is 5.97 Å². The molecule has 0 bridgehead atoms. The summed E-state index contributed by atoms with van der Waals surface area (Å²) in [5, 5.41) is 10.2. The Morgan fingerprint density at radius 1 is 1.50 bits per heavy atom. The molecule has 0 aromatic rings. The first-order valence-electron chi connectivity index (χ1n) is 3.42. The van der Waals surface area contributed by atoms with Crippen LogP contribution >= 0.6 is 0 Å². The average Bonchev–Trinajstić information content (AvgIpc) is 1.88. The maximum absolute atomic E-state index is 10.4. The molecule has 1 fully saturated rings. The van der Waals surface area contributed by atoms with Crippen LogP contribution < -0.4 is 5.84 Å². The Morgan fingerprint density at radius 3 is 2.40 bits per heavy atom. The number of aliphatic carboxylic acids is 1. The van der Waals surface area contributed by atoms with Crippen LogP contribution in [0.4, 0.5) is 0 Å². The molecule has 0 atom stereocenters. The molecular weight excluding hydrogens is 132 g/mol. The highest BCUT2D eigenvalue weighted by Gasteiger charge is 2.22. The van der Waals surface area contributed by atoms with Crippen molar-refractivity contribution < 1.29 is 9.90 Å². The van der Waals surface area contributed by atoms with Crippen molar-refractivity contribution in [2.45, 2.75) is 12.8 Å². The normalized spacial score (nSPS) is 22.9. The van der Waals surface area contributed by atoms with Crippen LogP contribution in [0, 0.1) is 5.92 Å². The lowest BCUT2D eigenvalue weighted by molar-refractivity contribution is -0.143. The van der Waals surface area contributed by atoms with Gasteiger partial charge < -0.3 is 5.11 Å². The molecule has 1 aliphatic heterocycles. The van der Waals surface area contributed by atoms with Gasteiger partial charge in [-0.1, -0.05) is 0 Å². The van der Waals surface area contributed by atoms with Crippen molar-refractivity contribution in [1.82, 2.24) is 5.01 Å². The second-order valence-corrected chi connectivity index (χ2v) is 2.65. The lowest BCUT2D eigenvalue weighted by atomic mass is 9.98. The molecule has 0 spiro atoms. The summed E-state index contributed by atoms with van der Waals surface area (Å²) in [7, 11) is 0. The summed E-state index contributed by atoms with van der Waals surface area (Å²) in [6.45, 7) is 1.41. The molecule has 0 aromatic carbocycles. The second-order valence-electron chi connectivity index (χ2n) is 2.65. The van der Waals surface area contributed by atoms with Gasteiger partial charge in [0.1, 0.15) is 0 Å². The van der Waals surface area contributed by atoms with E-state index < -0.39 is 5.97 Å². The van der Waals surface area contributed by atoms with E-state index in [1.165, 1.54) is 0 Å². The summed E-state index contributed by atoms with van der Waals surface area (Å²) < 4.78 is 0. The number of carboxylic acid groups (broad SMARTS) is 1. The Bertz CT molecular complexity index is 130. The molecule has 1 saturated heterocycles. The molecule has 0 radical (unpaired) electrons. The number of carboxylic acids is 1. The number of hydrazine groups is 1. The van der Waals surface area contributed by atoms with E-state index in [2.05, 4.69) is 0 Å². The van der Waals surface area contributed by atoms with Crippen LogP contribution in [-0.4, -0.2) is 29.2 Å². The van der Waals surface area contributed by atoms with Crippen LogP contribution in [0.5, 0.6) is 0 Å². The van der Waals surface area contributed by atoms with Crippen molar-refractivity contribution in [1.29, 1.82) is 0 Å². The SMILES string of the molecule is NN1CCC(C(=O)O)CC1. The zero-order chi connectivity index (χ0) is 7.56. The Kier molecular flexibility index (Phi) is 2.24. The predicted octanol–water partition coefficient (Wildman–Crippen LogP) is -0.343. The molecule has 10 heavy (non-hydrogen) atoms. The van der Waals surface area contributed by atoms with Gasteiger partial charge in [-0.25, -0.2) is 5.01 Å². The van der Waals surface area contributed by atoms with Crippen LogP contribution in [-0.2, 0) is 4.79 Å². The van der Waals surface area contributed by atoms with Gasteiger partial charge in [-0.3, -0.25) is 10.6 Å². The topological polar surface area (TPSA) is 66.6 Å². The first kappa shape index (κ1) is 7.50. The Hall–Kier alpha value is -0.610. The Labute approximate surface area is 59.6 Å². The van der Waals surface area contributed by atoms with Gasteiger partial charge in [-0.05, 0) is 12.8 Å². The third-order valence-electron chi connectivity index (χ3n) is 1.88. The predicted molar refractivity (Wildman–Crippen MR) is 36.1 cm³/mol. The number of nitrogens with two attached hydrogens (primary N) is 1. The van der Waals surface area contributed by atoms with Crippen LogP contribution in [0.1, 0.15) is 12.8 Å². The van der Waals surface area contributed by atoms with Crippen molar-refractivity contribution in [3.8, 4) is 0 Å². The molecule has 0 aliphatic carbocycles. The first-order chi connectivity index (χ1) is 4.70. The lowest BCUT2D eigenvalue weighted by Crippen LogP contribution is -2.40. The highest BCUT2D eigenvalue weighted by Crippen LogP contribution is 2.14. The average molecular weight is 144 g/mol. The van der Waals surface area contributed by atoms with Gasteiger partial charge in [0, 0.05) is 13.1 Å². The fourth-order valence-electron chi connectivity index (χ4n) is 1.15. The summed E-state index contributed by atoms with van der Waals surface area (Å²) >= 11 is 0. The van der Waals surface area contributed by atoms with Gasteiger partial charge in [0.05, 0.1) is 5.92 Å². The van der Waals surface area contributed by atoms with E-state index in [4.69, 9.17) is 10.9 Å². The monoisotopic (exact) mass is 144 g/mol. The van der Waals surface area contributed by atoms with E-state index in [1.807, 2.05) is 0 Å². The minimum absolute atomic E-state index is 0.167. The van der Waals surface area contributed by atoms with Gasteiger partial charge >= 0.3 is 5.97 Å². The van der Waals surface area contributed by atoms with Crippen LogP contribution in [0.15, 0.2) is 0 Å². The van der Waals surface area contributed by atoms with E-state index in [1.54, 1.807) is 5.01 Å². The van der Waals surface area contributed by atoms with Gasteiger partial charge in [-0.2, -0.15) is 0 Å². The third kappa shape index (κ3) is 1.68. The minimum atomic E-state index is -0.687. The van der Waals surface area contributed by atoms with Gasteiger partial charge in [0.2, 0.25) is 0 Å². The zero-order valence-corrected chi connectivity index (χ0v) is 5.79. The number of hydrogen-bond donors (Lipinski definition) is 2. The molecule has 0 unspecified atom stereocenters. The van der Waals surface area contributed by atoms with Gasteiger partial charge in [-0.15, -0.1) is 0 Å². The zero-order valence-electron chi connectivity index (χ0n) is 5.79. The molecule has 0 aromatic heterocycles. The molecule has 0 saturated carbocycles. The molecule has 0 amide bonds. The summed E-state index contributed by atoms with van der Waals surface area (Å²) in [6.07, 6.45) is 1.37. The summed E-state index contributed by atoms with van der Waals surface area (Å²) in [5.41, 5.74) is 0. The number of carbonyl (C=O) groups is 1. The van der Waals surface area contributed by atoms with E-state index in [-0.39, 0.29) is 5.92 Å². The van der Waals surface area contributed by atoms with Gasteiger partial charge in [0.25, 0.3) is 0 Å². The fourth-order valence-corrected chi connectivity index (χ4v) is 1.15. The molecular formula is C6H12N2O2. The maximum Gasteiger partial charge on any atom is 0.306 e. The van der Waals surface area contributed by atoms with Crippen molar-refractivity contribution in [2.75, 3.05) is 13.1 Å². The quantitative estimate of drug-likeness (QED) is 0.494. The first-order valence-corrected chi connectivity index (χ1v) is 3.42. The Morgan fingerprint density at radius 2 is 2.00 bits per heavy atom. The highest BCUT2D eigenvalue weighted by atomic mass is 16.4. The van der Waals surface area contributed by atoms with E-state index >= 15 is 0 Å². The summed E-state index contributed by atoms with van der Waals surface area (Å²) in [5.74, 6) is 4.58. The molecule has 58 valence electrons. The number of hydrogen-bond acceptors (Lipinski definition) is 3. The smallest absolute Gasteiger partial charge is 0.306 e. The largest absolute Gasteiger partial charge is 0.481 e. The minimum Gasteiger partial charge on any atom is -0.481 e. The van der Waals surface area contributed by atoms with E-state index in [0.29, 0.717) is 25.9 Å². The fraction of sp³-hybridized carbons (Fsp3) is 0.833. The van der Waals surface area contributed by atoms with E-state index in [0.717, 1.165) is 0 Å². The van der Waals surface area contributed by atoms with Crippen LogP contribution in [0.2, 0.25) is 0 Å². The standard InChI is InChI=1S/C6H12N2O2/c7-8-3-1-5(2-4-8)6(9)10/h5H,1-4,7H2,(H,9,10). The highest BCUT2D eigenvalue weighted by molar-refractivity contribution is 5.70. The molecule has 1 aliphatic rings. The van der Waals surface area contributed by atoms with Crippen molar-refractivity contribution in [2.24, 2.45) is 11.8 Å². The number of nitrogens with zero attached hydrogens (tertiary/aromatic N) is 1. The molecule has 1 heterocycles. The number of rotatable bonds is 1. The molecule has 4 heteroatoms. The van der Waals surface area contributed by atoms with E-state index in [9.17, 15) is 4.79 Å². The van der Waals surface area contributed by atoms with Crippen LogP contribution in [0.25, 0.3) is 0 Å². The van der Waals surface area contributed by atoms with Crippen molar-refractivity contribution in [3.63, 3.8) is 0 Å². The summed E-state index contributed by atoms with van der Waals surface area (Å²) in [6, 6.07) is 0. The lowest BCUT2D eigenvalue weighted by Gasteiger charge is -2.25.